The first-order valence-corrected chi connectivity index (χ1v) is 6.37. The van der Waals surface area contributed by atoms with Crippen molar-refractivity contribution in [2.75, 3.05) is 0 Å². The standard InChI is InChI=1S/C15H15N3O/c1-2-14-13(10-19)16-17-18(14)15-9-5-7-11-6-3-4-8-12(11)15/h3-9,19H,2,10H2,1H3. The van der Waals surface area contributed by atoms with Crippen molar-refractivity contribution in [3.8, 4) is 5.69 Å². The van der Waals surface area contributed by atoms with Crippen molar-refractivity contribution < 1.29 is 5.11 Å². The summed E-state index contributed by atoms with van der Waals surface area (Å²) in [6.07, 6.45) is 0.784. The van der Waals surface area contributed by atoms with E-state index in [0.717, 1.165) is 23.2 Å². The Morgan fingerprint density at radius 1 is 1.11 bits per heavy atom. The molecule has 0 fully saturated rings. The number of hydrogen-bond acceptors (Lipinski definition) is 3. The number of nitrogens with zero attached hydrogens (tertiary/aromatic N) is 3. The van der Waals surface area contributed by atoms with Gasteiger partial charge in [0, 0.05) is 5.39 Å². The molecule has 0 saturated carbocycles. The summed E-state index contributed by atoms with van der Waals surface area (Å²) in [7, 11) is 0. The molecule has 0 aliphatic rings. The Balaban J connectivity index is 2.27. The topological polar surface area (TPSA) is 50.9 Å². The fraction of sp³-hybridized carbons (Fsp3) is 0.200. The summed E-state index contributed by atoms with van der Waals surface area (Å²) in [5.41, 5.74) is 2.61. The summed E-state index contributed by atoms with van der Waals surface area (Å²) in [6.45, 7) is 1.97. The fourth-order valence-corrected chi connectivity index (χ4v) is 2.40. The molecule has 1 N–H and O–H groups in total. The van der Waals surface area contributed by atoms with Crippen molar-refractivity contribution in [1.82, 2.24) is 15.0 Å². The van der Waals surface area contributed by atoms with Crippen LogP contribution in [0.25, 0.3) is 16.5 Å². The minimum atomic E-state index is -0.0755. The number of benzene rings is 2. The van der Waals surface area contributed by atoms with Gasteiger partial charge in [-0.3, -0.25) is 0 Å². The van der Waals surface area contributed by atoms with Crippen molar-refractivity contribution in [3.05, 3.63) is 53.9 Å². The maximum Gasteiger partial charge on any atom is 0.112 e. The number of rotatable bonds is 3. The first-order valence-electron chi connectivity index (χ1n) is 6.37. The van der Waals surface area contributed by atoms with Crippen molar-refractivity contribution in [1.29, 1.82) is 0 Å². The molecule has 19 heavy (non-hydrogen) atoms. The molecule has 0 radical (unpaired) electrons. The molecule has 1 heterocycles. The van der Waals surface area contributed by atoms with E-state index >= 15 is 0 Å². The molecule has 4 nitrogen and oxygen atoms in total. The summed E-state index contributed by atoms with van der Waals surface area (Å²) in [6, 6.07) is 14.3. The van der Waals surface area contributed by atoms with Crippen LogP contribution in [0.5, 0.6) is 0 Å². The summed E-state index contributed by atoms with van der Waals surface area (Å²) in [5, 5.41) is 19.8. The maximum atomic E-state index is 9.31. The van der Waals surface area contributed by atoms with Gasteiger partial charge in [0.2, 0.25) is 0 Å². The molecular weight excluding hydrogens is 238 g/mol. The lowest BCUT2D eigenvalue weighted by Crippen LogP contribution is -2.03. The summed E-state index contributed by atoms with van der Waals surface area (Å²) in [5.74, 6) is 0. The first kappa shape index (κ1) is 11.9. The SMILES string of the molecule is CCc1c(CO)nnn1-c1cccc2ccccc12. The van der Waals surface area contributed by atoms with E-state index in [1.165, 1.54) is 5.39 Å². The number of hydrogen-bond donors (Lipinski definition) is 1. The largest absolute Gasteiger partial charge is 0.390 e. The zero-order chi connectivity index (χ0) is 13.2. The third kappa shape index (κ3) is 1.90. The summed E-state index contributed by atoms with van der Waals surface area (Å²) in [4.78, 5) is 0. The highest BCUT2D eigenvalue weighted by molar-refractivity contribution is 5.90. The van der Waals surface area contributed by atoms with Crippen LogP contribution in [-0.4, -0.2) is 20.1 Å². The molecule has 1 aromatic heterocycles. The Bertz CT molecular complexity index is 713. The Kier molecular flexibility index (Phi) is 3.01. The smallest absolute Gasteiger partial charge is 0.112 e. The van der Waals surface area contributed by atoms with E-state index in [-0.39, 0.29) is 6.61 Å². The zero-order valence-corrected chi connectivity index (χ0v) is 10.7. The third-order valence-corrected chi connectivity index (χ3v) is 3.32. The van der Waals surface area contributed by atoms with Gasteiger partial charge in [0.25, 0.3) is 0 Å². The average molecular weight is 253 g/mol. The van der Waals surface area contributed by atoms with Crippen LogP contribution < -0.4 is 0 Å². The third-order valence-electron chi connectivity index (χ3n) is 3.32. The number of aliphatic hydroxyl groups excluding tert-OH is 1. The van der Waals surface area contributed by atoms with Crippen LogP contribution in [0.3, 0.4) is 0 Å². The van der Waals surface area contributed by atoms with Gasteiger partial charge in [-0.1, -0.05) is 48.5 Å². The van der Waals surface area contributed by atoms with Crippen molar-refractivity contribution >= 4 is 10.8 Å². The van der Waals surface area contributed by atoms with Crippen LogP contribution in [-0.2, 0) is 13.0 Å². The lowest BCUT2D eigenvalue weighted by Gasteiger charge is -2.09. The van der Waals surface area contributed by atoms with Crippen LogP contribution >= 0.6 is 0 Å². The molecule has 0 saturated heterocycles. The molecule has 4 heteroatoms. The molecule has 0 amide bonds. The molecule has 96 valence electrons. The Morgan fingerprint density at radius 2 is 1.89 bits per heavy atom. The fourth-order valence-electron chi connectivity index (χ4n) is 2.40. The molecule has 0 atom stereocenters. The van der Waals surface area contributed by atoms with Crippen LogP contribution in [0.2, 0.25) is 0 Å². The van der Waals surface area contributed by atoms with Crippen LogP contribution in [0.15, 0.2) is 42.5 Å². The van der Waals surface area contributed by atoms with Crippen LogP contribution in [0, 0.1) is 0 Å². The second-order valence-corrected chi connectivity index (χ2v) is 4.40. The van der Waals surface area contributed by atoms with Crippen molar-refractivity contribution in [2.24, 2.45) is 0 Å². The average Bonchev–Trinajstić information content (AvgIpc) is 2.89. The lowest BCUT2D eigenvalue weighted by molar-refractivity contribution is 0.275. The molecule has 3 aromatic rings. The van der Waals surface area contributed by atoms with E-state index in [2.05, 4.69) is 28.5 Å². The van der Waals surface area contributed by atoms with E-state index in [0.29, 0.717) is 5.69 Å². The Hall–Kier alpha value is -2.20. The van der Waals surface area contributed by atoms with Gasteiger partial charge in [-0.25, -0.2) is 4.68 Å². The highest BCUT2D eigenvalue weighted by Crippen LogP contribution is 2.23. The van der Waals surface area contributed by atoms with Gasteiger partial charge in [-0.15, -0.1) is 5.10 Å². The van der Waals surface area contributed by atoms with Crippen LogP contribution in [0.1, 0.15) is 18.3 Å². The molecule has 0 spiro atoms. The maximum absolute atomic E-state index is 9.31. The number of aromatic nitrogens is 3. The molecule has 0 aliphatic heterocycles. The van der Waals surface area contributed by atoms with Gasteiger partial charge < -0.3 is 5.11 Å². The minimum absolute atomic E-state index is 0.0755. The van der Waals surface area contributed by atoms with Gasteiger partial charge >= 0.3 is 0 Å². The second-order valence-electron chi connectivity index (χ2n) is 4.40. The van der Waals surface area contributed by atoms with E-state index in [1.54, 1.807) is 0 Å². The molecule has 0 aliphatic carbocycles. The highest BCUT2D eigenvalue weighted by atomic mass is 16.3. The highest BCUT2D eigenvalue weighted by Gasteiger charge is 2.13. The van der Waals surface area contributed by atoms with Gasteiger partial charge in [0.15, 0.2) is 0 Å². The van der Waals surface area contributed by atoms with Gasteiger partial charge in [-0.2, -0.15) is 0 Å². The molecular formula is C15H15N3O. The van der Waals surface area contributed by atoms with E-state index in [4.69, 9.17) is 0 Å². The first-order chi connectivity index (χ1) is 9.35. The molecule has 3 rings (SSSR count). The molecule has 0 bridgehead atoms. The van der Waals surface area contributed by atoms with Gasteiger partial charge in [-0.05, 0) is 17.9 Å². The second kappa shape index (κ2) is 4.82. The predicted molar refractivity (Wildman–Crippen MR) is 74.2 cm³/mol. The summed E-state index contributed by atoms with van der Waals surface area (Å²) < 4.78 is 1.83. The van der Waals surface area contributed by atoms with Gasteiger partial charge in [0.05, 0.1) is 18.0 Å². The van der Waals surface area contributed by atoms with Crippen molar-refractivity contribution in [2.45, 2.75) is 20.0 Å². The minimum Gasteiger partial charge on any atom is -0.390 e. The van der Waals surface area contributed by atoms with E-state index < -0.39 is 0 Å². The molecule has 2 aromatic carbocycles. The van der Waals surface area contributed by atoms with E-state index in [9.17, 15) is 5.11 Å². The zero-order valence-electron chi connectivity index (χ0n) is 10.7. The Labute approximate surface area is 111 Å². The van der Waals surface area contributed by atoms with Crippen molar-refractivity contribution in [3.63, 3.8) is 0 Å². The lowest BCUT2D eigenvalue weighted by atomic mass is 10.1. The van der Waals surface area contributed by atoms with E-state index in [1.807, 2.05) is 35.9 Å². The predicted octanol–water partition coefficient (Wildman–Crippen LogP) is 2.48. The van der Waals surface area contributed by atoms with Gasteiger partial charge in [0.1, 0.15) is 5.69 Å². The number of aliphatic hydroxyl groups is 1. The normalized spacial score (nSPS) is 11.1. The molecule has 0 unspecified atom stereocenters. The quantitative estimate of drug-likeness (QED) is 0.780. The van der Waals surface area contributed by atoms with Crippen LogP contribution in [0.4, 0.5) is 0 Å². The summed E-state index contributed by atoms with van der Waals surface area (Å²) >= 11 is 0. The number of fused-ring (bicyclic) bond motifs is 1. The monoisotopic (exact) mass is 253 g/mol. The Morgan fingerprint density at radius 3 is 2.68 bits per heavy atom.